The zero-order valence-corrected chi connectivity index (χ0v) is 14.3. The van der Waals surface area contributed by atoms with Crippen LogP contribution in [0.25, 0.3) is 0 Å². The van der Waals surface area contributed by atoms with Crippen molar-refractivity contribution in [2.24, 2.45) is 0 Å². The molecule has 0 aliphatic heterocycles. The number of hydrogen-bond donors (Lipinski definition) is 2. The van der Waals surface area contributed by atoms with E-state index in [1.54, 1.807) is 19.2 Å². The summed E-state index contributed by atoms with van der Waals surface area (Å²) in [5, 5.41) is 14.6. The highest BCUT2D eigenvalue weighted by atomic mass is 32.2. The molecule has 0 fully saturated rings. The van der Waals surface area contributed by atoms with Crippen LogP contribution in [0.3, 0.4) is 0 Å². The van der Waals surface area contributed by atoms with E-state index in [1.165, 1.54) is 23.1 Å². The smallest absolute Gasteiger partial charge is 0.237 e. The Bertz CT molecular complexity index is 616. The Morgan fingerprint density at radius 1 is 1.36 bits per heavy atom. The maximum Gasteiger partial charge on any atom is 0.237 e. The maximum absolute atomic E-state index is 12.2. The van der Waals surface area contributed by atoms with Crippen LogP contribution in [0, 0.1) is 0 Å². The second-order valence-electron chi connectivity index (χ2n) is 4.38. The minimum absolute atomic E-state index is 0.0737. The van der Waals surface area contributed by atoms with Crippen LogP contribution < -0.4 is 15.4 Å². The Kier molecular flexibility index (Phi) is 6.02. The third kappa shape index (κ3) is 4.60. The van der Waals surface area contributed by atoms with Crippen molar-refractivity contribution in [3.05, 3.63) is 24.3 Å². The number of methoxy groups -OCH3 is 1. The fraction of sp³-hybridized carbons (Fsp3) is 0.357. The Balaban J connectivity index is 1.90. The van der Waals surface area contributed by atoms with Crippen molar-refractivity contribution in [1.82, 2.24) is 10.2 Å². The van der Waals surface area contributed by atoms with Gasteiger partial charge >= 0.3 is 0 Å². The van der Waals surface area contributed by atoms with Gasteiger partial charge in [-0.25, -0.2) is 0 Å². The zero-order valence-electron chi connectivity index (χ0n) is 12.6. The molecule has 22 heavy (non-hydrogen) atoms. The molecule has 1 amide bonds. The van der Waals surface area contributed by atoms with Gasteiger partial charge in [-0.1, -0.05) is 23.1 Å². The molecule has 2 aromatic rings. The number of anilines is 2. The van der Waals surface area contributed by atoms with E-state index in [9.17, 15) is 4.79 Å². The van der Waals surface area contributed by atoms with Crippen molar-refractivity contribution >= 4 is 39.8 Å². The number of amides is 1. The molecule has 0 aliphatic rings. The van der Waals surface area contributed by atoms with Gasteiger partial charge in [-0.15, -0.1) is 10.2 Å². The average molecular weight is 338 g/mol. The number of carbonyl (C=O) groups excluding carboxylic acids is 1. The van der Waals surface area contributed by atoms with Crippen molar-refractivity contribution in [2.45, 2.75) is 23.4 Å². The first kappa shape index (κ1) is 16.6. The lowest BCUT2D eigenvalue weighted by atomic mass is 10.3. The average Bonchev–Trinajstić information content (AvgIpc) is 2.95. The Morgan fingerprint density at radius 3 is 2.73 bits per heavy atom. The number of aromatic nitrogens is 2. The highest BCUT2D eigenvalue weighted by Gasteiger charge is 2.17. The molecule has 2 N–H and O–H groups in total. The van der Waals surface area contributed by atoms with E-state index < -0.39 is 0 Å². The van der Waals surface area contributed by atoms with E-state index in [2.05, 4.69) is 20.8 Å². The summed E-state index contributed by atoms with van der Waals surface area (Å²) < 4.78 is 5.86. The van der Waals surface area contributed by atoms with E-state index in [0.29, 0.717) is 0 Å². The zero-order chi connectivity index (χ0) is 15.9. The molecular formula is C14H18N4O2S2. The second-order valence-corrected chi connectivity index (χ2v) is 6.95. The molecule has 0 bridgehead atoms. The van der Waals surface area contributed by atoms with Crippen LogP contribution in [0.4, 0.5) is 10.8 Å². The summed E-state index contributed by atoms with van der Waals surface area (Å²) >= 11 is 2.84. The molecule has 1 heterocycles. The molecule has 8 heteroatoms. The summed E-state index contributed by atoms with van der Waals surface area (Å²) in [6.45, 7) is 4.64. The molecular weight excluding hydrogens is 320 g/mol. The summed E-state index contributed by atoms with van der Waals surface area (Å²) in [6, 6.07) is 7.23. The van der Waals surface area contributed by atoms with Crippen LogP contribution in [0.5, 0.6) is 5.75 Å². The Labute approximate surface area is 137 Å². The van der Waals surface area contributed by atoms with Crippen molar-refractivity contribution in [3.63, 3.8) is 0 Å². The first-order valence-corrected chi connectivity index (χ1v) is 8.51. The molecule has 1 aromatic heterocycles. The first-order chi connectivity index (χ1) is 10.6. The molecule has 0 aliphatic carbocycles. The number of thioether (sulfide) groups is 1. The predicted molar refractivity (Wildman–Crippen MR) is 91.0 cm³/mol. The van der Waals surface area contributed by atoms with Gasteiger partial charge < -0.3 is 15.4 Å². The van der Waals surface area contributed by atoms with Gasteiger partial charge in [0.1, 0.15) is 5.75 Å². The normalized spacial score (nSPS) is 11.8. The van der Waals surface area contributed by atoms with Gasteiger partial charge in [0.2, 0.25) is 11.0 Å². The highest BCUT2D eigenvalue weighted by Crippen LogP contribution is 2.29. The van der Waals surface area contributed by atoms with Crippen molar-refractivity contribution < 1.29 is 9.53 Å². The van der Waals surface area contributed by atoms with Crippen molar-refractivity contribution in [3.8, 4) is 5.75 Å². The molecule has 2 rings (SSSR count). The van der Waals surface area contributed by atoms with Gasteiger partial charge in [-0.2, -0.15) is 0 Å². The van der Waals surface area contributed by atoms with Gasteiger partial charge in [0.25, 0.3) is 0 Å². The number of nitrogens with zero attached hydrogens (tertiary/aromatic N) is 2. The minimum Gasteiger partial charge on any atom is -0.497 e. The van der Waals surface area contributed by atoms with E-state index in [1.807, 2.05) is 26.0 Å². The van der Waals surface area contributed by atoms with E-state index in [4.69, 9.17) is 4.74 Å². The van der Waals surface area contributed by atoms with E-state index in [0.717, 1.165) is 27.5 Å². The van der Waals surface area contributed by atoms with Crippen LogP contribution in [0.1, 0.15) is 13.8 Å². The molecule has 0 radical (unpaired) electrons. The van der Waals surface area contributed by atoms with Gasteiger partial charge in [0.05, 0.1) is 12.4 Å². The standard InChI is InChI=1S/C14H18N4O2S2/c1-4-15-13-17-18-14(22-13)21-9(2)12(19)16-10-5-7-11(20-3)8-6-10/h5-9H,4H2,1-3H3,(H,15,17)(H,16,19)/t9-/m0/s1. The molecule has 0 saturated heterocycles. The molecule has 1 atom stereocenters. The fourth-order valence-electron chi connectivity index (χ4n) is 1.60. The summed E-state index contributed by atoms with van der Waals surface area (Å²) in [5.41, 5.74) is 0.740. The van der Waals surface area contributed by atoms with Crippen LogP contribution in [0.2, 0.25) is 0 Å². The molecule has 0 unspecified atom stereocenters. The third-order valence-electron chi connectivity index (χ3n) is 2.74. The van der Waals surface area contributed by atoms with Crippen LogP contribution in [0.15, 0.2) is 28.6 Å². The number of rotatable bonds is 7. The lowest BCUT2D eigenvalue weighted by Gasteiger charge is -2.10. The largest absolute Gasteiger partial charge is 0.497 e. The quantitative estimate of drug-likeness (QED) is 0.756. The predicted octanol–water partition coefficient (Wildman–Crippen LogP) is 3.10. The lowest BCUT2D eigenvalue weighted by Crippen LogP contribution is -2.22. The molecule has 0 saturated carbocycles. The SMILES string of the molecule is CCNc1nnc(S[C@@H](C)C(=O)Nc2ccc(OC)cc2)s1. The third-order valence-corrected chi connectivity index (χ3v) is 4.80. The number of ether oxygens (including phenoxy) is 1. The number of nitrogens with one attached hydrogen (secondary N) is 2. The summed E-state index contributed by atoms with van der Waals surface area (Å²) in [5.74, 6) is 0.681. The van der Waals surface area contributed by atoms with Gasteiger partial charge in [0.15, 0.2) is 4.34 Å². The molecule has 1 aromatic carbocycles. The van der Waals surface area contributed by atoms with Gasteiger partial charge in [-0.3, -0.25) is 4.79 Å². The summed E-state index contributed by atoms with van der Waals surface area (Å²) in [7, 11) is 1.61. The highest BCUT2D eigenvalue weighted by molar-refractivity contribution is 8.02. The summed E-state index contributed by atoms with van der Waals surface area (Å²) in [4.78, 5) is 12.2. The van der Waals surface area contributed by atoms with Crippen LogP contribution >= 0.6 is 23.1 Å². The number of benzene rings is 1. The van der Waals surface area contributed by atoms with Crippen molar-refractivity contribution in [1.29, 1.82) is 0 Å². The monoisotopic (exact) mass is 338 g/mol. The van der Waals surface area contributed by atoms with E-state index in [-0.39, 0.29) is 11.2 Å². The molecule has 118 valence electrons. The van der Waals surface area contributed by atoms with Gasteiger partial charge in [0, 0.05) is 12.2 Å². The molecule has 0 spiro atoms. The second kappa shape index (κ2) is 8.00. The van der Waals surface area contributed by atoms with Gasteiger partial charge in [-0.05, 0) is 38.1 Å². The molecule has 6 nitrogen and oxygen atoms in total. The number of hydrogen-bond acceptors (Lipinski definition) is 7. The first-order valence-electron chi connectivity index (χ1n) is 6.81. The lowest BCUT2D eigenvalue weighted by molar-refractivity contribution is -0.115. The summed E-state index contributed by atoms with van der Waals surface area (Å²) in [6.07, 6.45) is 0. The van der Waals surface area contributed by atoms with Crippen LogP contribution in [-0.4, -0.2) is 35.0 Å². The Hall–Kier alpha value is -1.80. The minimum atomic E-state index is -0.260. The topological polar surface area (TPSA) is 76.1 Å². The van der Waals surface area contributed by atoms with Crippen molar-refractivity contribution in [2.75, 3.05) is 24.3 Å². The maximum atomic E-state index is 12.2. The fourth-order valence-corrected chi connectivity index (χ4v) is 3.57. The number of carbonyl (C=O) groups is 1. The Morgan fingerprint density at radius 2 is 2.09 bits per heavy atom. The van der Waals surface area contributed by atoms with Crippen LogP contribution in [-0.2, 0) is 4.79 Å². The van der Waals surface area contributed by atoms with E-state index >= 15 is 0 Å².